The van der Waals surface area contributed by atoms with Gasteiger partial charge in [-0.1, -0.05) is 18.2 Å². The zero-order valence-electron chi connectivity index (χ0n) is 8.47. The molecule has 0 aliphatic rings. The minimum absolute atomic E-state index is 0.144. The van der Waals surface area contributed by atoms with Crippen molar-refractivity contribution in [3.8, 4) is 0 Å². The molecule has 0 spiro atoms. The maximum absolute atomic E-state index is 12.0. The van der Waals surface area contributed by atoms with Crippen LogP contribution in [0.2, 0.25) is 0 Å². The Hall–Kier alpha value is -1.72. The van der Waals surface area contributed by atoms with Crippen LogP contribution < -0.4 is 5.43 Å². The highest BCUT2D eigenvalue weighted by molar-refractivity contribution is 7.31. The Morgan fingerprint density at radius 3 is 2.71 bits per heavy atom. The molecule has 0 radical (unpaired) electrons. The fourth-order valence-corrected chi connectivity index (χ4v) is 4.06. The predicted molar refractivity (Wildman–Crippen MR) is 70.4 cm³/mol. The highest BCUT2D eigenvalue weighted by atomic mass is 32.1. The van der Waals surface area contributed by atoms with Gasteiger partial charge in [-0.15, -0.1) is 22.7 Å². The molecule has 5 heteroatoms. The number of rotatable bonds is 1. The van der Waals surface area contributed by atoms with E-state index in [-0.39, 0.29) is 11.0 Å². The van der Waals surface area contributed by atoms with Gasteiger partial charge >= 0.3 is 5.97 Å². The van der Waals surface area contributed by atoms with Gasteiger partial charge in [0.1, 0.15) is 5.56 Å². The number of carboxylic acid groups (broad SMARTS) is 1. The fourth-order valence-electron chi connectivity index (χ4n) is 1.73. The molecular formula is C12H6O3S2. The lowest BCUT2D eigenvalue weighted by atomic mass is 10.2. The Bertz CT molecular complexity index is 798. The number of benzene rings is 1. The Morgan fingerprint density at radius 2 is 1.94 bits per heavy atom. The van der Waals surface area contributed by atoms with Gasteiger partial charge in [0.2, 0.25) is 5.43 Å². The van der Waals surface area contributed by atoms with Gasteiger partial charge in [0, 0.05) is 15.5 Å². The molecule has 17 heavy (non-hydrogen) atoms. The van der Waals surface area contributed by atoms with E-state index in [2.05, 4.69) is 0 Å². The second-order valence-corrected chi connectivity index (χ2v) is 5.47. The molecule has 1 N–H and O–H groups in total. The van der Waals surface area contributed by atoms with Crippen molar-refractivity contribution >= 4 is 48.1 Å². The number of fused-ring (bicyclic) bond motifs is 3. The molecule has 0 unspecified atom stereocenters. The van der Waals surface area contributed by atoms with E-state index in [0.29, 0.717) is 4.70 Å². The first-order chi connectivity index (χ1) is 8.18. The van der Waals surface area contributed by atoms with Gasteiger partial charge in [-0.05, 0) is 6.07 Å². The van der Waals surface area contributed by atoms with Crippen molar-refractivity contribution in [2.24, 2.45) is 0 Å². The Labute approximate surface area is 104 Å². The average Bonchev–Trinajstić information content (AvgIpc) is 2.69. The Kier molecular flexibility index (Phi) is 2.24. The predicted octanol–water partition coefficient (Wildman–Crippen LogP) is 3.17. The van der Waals surface area contributed by atoms with Crippen LogP contribution in [0.5, 0.6) is 0 Å². The van der Waals surface area contributed by atoms with Crippen LogP contribution in [0.3, 0.4) is 0 Å². The maximum atomic E-state index is 12.0. The van der Waals surface area contributed by atoms with Crippen LogP contribution in [0.15, 0.2) is 34.4 Å². The number of thiophene rings is 1. The molecule has 3 nitrogen and oxygen atoms in total. The van der Waals surface area contributed by atoms with Crippen LogP contribution in [-0.2, 0) is 0 Å². The summed E-state index contributed by atoms with van der Waals surface area (Å²) in [6, 6.07) is 7.71. The second kappa shape index (κ2) is 3.65. The van der Waals surface area contributed by atoms with E-state index >= 15 is 0 Å². The molecule has 1 aromatic carbocycles. The SMILES string of the molecule is O=C(O)c1csc2c(sc3ccccc32)c1=O. The molecule has 2 aromatic heterocycles. The standard InChI is InChI=1S/C12H6O3S2/c13-9-7(12(14)15)5-16-10-6-3-1-2-4-8(6)17-11(9)10/h1-5H,(H,14,15). The van der Waals surface area contributed by atoms with E-state index in [1.165, 1.54) is 28.1 Å². The van der Waals surface area contributed by atoms with Gasteiger partial charge in [0.15, 0.2) is 0 Å². The number of hydrogen-bond acceptors (Lipinski definition) is 4. The van der Waals surface area contributed by atoms with Crippen LogP contribution >= 0.6 is 22.7 Å². The highest BCUT2D eigenvalue weighted by Crippen LogP contribution is 2.34. The lowest BCUT2D eigenvalue weighted by Crippen LogP contribution is -2.12. The van der Waals surface area contributed by atoms with Crippen molar-refractivity contribution in [2.75, 3.05) is 0 Å². The summed E-state index contributed by atoms with van der Waals surface area (Å²) in [6.07, 6.45) is 0. The van der Waals surface area contributed by atoms with Crippen LogP contribution in [0.1, 0.15) is 10.4 Å². The second-order valence-electron chi connectivity index (χ2n) is 3.54. The molecule has 3 aromatic rings. The maximum Gasteiger partial charge on any atom is 0.340 e. The minimum Gasteiger partial charge on any atom is -0.478 e. The number of carbonyl (C=O) groups is 1. The van der Waals surface area contributed by atoms with Crippen LogP contribution in [0.25, 0.3) is 19.5 Å². The summed E-state index contributed by atoms with van der Waals surface area (Å²) in [5.41, 5.74) is -0.526. The summed E-state index contributed by atoms with van der Waals surface area (Å²) in [7, 11) is 0. The summed E-state index contributed by atoms with van der Waals surface area (Å²) >= 11 is 2.67. The molecular weight excluding hydrogens is 256 g/mol. The van der Waals surface area contributed by atoms with Crippen molar-refractivity contribution in [1.29, 1.82) is 0 Å². The third-order valence-corrected chi connectivity index (χ3v) is 4.84. The quantitative estimate of drug-likeness (QED) is 0.732. The largest absolute Gasteiger partial charge is 0.478 e. The van der Waals surface area contributed by atoms with E-state index in [0.717, 1.165) is 14.8 Å². The zero-order chi connectivity index (χ0) is 12.0. The third-order valence-electron chi connectivity index (χ3n) is 2.53. The first-order valence-corrected chi connectivity index (χ1v) is 6.54. The summed E-state index contributed by atoms with van der Waals surface area (Å²) in [6.45, 7) is 0. The van der Waals surface area contributed by atoms with Crippen LogP contribution in [0.4, 0.5) is 0 Å². The Morgan fingerprint density at radius 1 is 1.18 bits per heavy atom. The van der Waals surface area contributed by atoms with Crippen molar-refractivity contribution in [3.63, 3.8) is 0 Å². The molecule has 2 heterocycles. The summed E-state index contributed by atoms with van der Waals surface area (Å²) in [5.74, 6) is -1.16. The lowest BCUT2D eigenvalue weighted by Gasteiger charge is -1.92. The molecule has 0 fully saturated rings. The van der Waals surface area contributed by atoms with E-state index in [9.17, 15) is 9.59 Å². The molecule has 0 aliphatic heterocycles. The van der Waals surface area contributed by atoms with E-state index in [4.69, 9.17) is 5.11 Å². The fraction of sp³-hybridized carbons (Fsp3) is 0. The summed E-state index contributed by atoms with van der Waals surface area (Å²) in [4.78, 5) is 22.9. The number of aromatic carboxylic acids is 1. The van der Waals surface area contributed by atoms with Crippen molar-refractivity contribution in [1.82, 2.24) is 0 Å². The third kappa shape index (κ3) is 1.47. The van der Waals surface area contributed by atoms with Crippen molar-refractivity contribution in [2.45, 2.75) is 0 Å². The van der Waals surface area contributed by atoms with Crippen molar-refractivity contribution in [3.05, 3.63) is 45.4 Å². The van der Waals surface area contributed by atoms with Gasteiger partial charge in [-0.25, -0.2) is 4.79 Å². The van der Waals surface area contributed by atoms with Gasteiger partial charge in [-0.2, -0.15) is 0 Å². The average molecular weight is 262 g/mol. The smallest absolute Gasteiger partial charge is 0.340 e. The summed E-state index contributed by atoms with van der Waals surface area (Å²) < 4.78 is 2.43. The summed E-state index contributed by atoms with van der Waals surface area (Å²) in [5, 5.41) is 11.4. The molecule has 3 rings (SSSR count). The monoisotopic (exact) mass is 262 g/mol. The topological polar surface area (TPSA) is 54.4 Å². The minimum atomic E-state index is -1.16. The molecule has 0 saturated heterocycles. The molecule has 0 amide bonds. The van der Waals surface area contributed by atoms with Crippen LogP contribution in [0, 0.1) is 0 Å². The van der Waals surface area contributed by atoms with Gasteiger partial charge < -0.3 is 5.11 Å². The van der Waals surface area contributed by atoms with Crippen LogP contribution in [-0.4, -0.2) is 11.1 Å². The van der Waals surface area contributed by atoms with E-state index < -0.39 is 5.97 Å². The molecule has 0 saturated carbocycles. The molecule has 0 aliphatic carbocycles. The molecule has 84 valence electrons. The van der Waals surface area contributed by atoms with Crippen molar-refractivity contribution < 1.29 is 9.90 Å². The first kappa shape index (κ1) is 10.4. The number of carboxylic acids is 1. The number of hydrogen-bond donors (Lipinski definition) is 1. The lowest BCUT2D eigenvalue weighted by molar-refractivity contribution is 0.0696. The van der Waals surface area contributed by atoms with Gasteiger partial charge in [-0.3, -0.25) is 4.79 Å². The van der Waals surface area contributed by atoms with Gasteiger partial charge in [0.05, 0.1) is 9.40 Å². The molecule has 0 bridgehead atoms. The molecule has 0 atom stereocenters. The zero-order valence-corrected chi connectivity index (χ0v) is 10.1. The Balaban J connectivity index is 2.53. The highest BCUT2D eigenvalue weighted by Gasteiger charge is 2.15. The van der Waals surface area contributed by atoms with E-state index in [1.807, 2.05) is 24.3 Å². The normalized spacial score (nSPS) is 11.1. The van der Waals surface area contributed by atoms with Gasteiger partial charge in [0.25, 0.3) is 0 Å². The van der Waals surface area contributed by atoms with E-state index in [1.54, 1.807) is 0 Å². The first-order valence-electron chi connectivity index (χ1n) is 4.85.